The highest BCUT2D eigenvalue weighted by atomic mass is 16.1. The number of pyridine rings is 1. The molecule has 0 aliphatic carbocycles. The van der Waals surface area contributed by atoms with E-state index in [1.165, 1.54) is 11.3 Å². The van der Waals surface area contributed by atoms with Crippen LogP contribution in [0.3, 0.4) is 0 Å². The number of nitrogens with two attached hydrogens (primary N) is 1. The number of aromatic nitrogens is 1. The highest BCUT2D eigenvalue weighted by molar-refractivity contribution is 5.96. The van der Waals surface area contributed by atoms with E-state index in [0.29, 0.717) is 11.8 Å². The molecule has 4 nitrogen and oxygen atoms in total. The van der Waals surface area contributed by atoms with Gasteiger partial charge in [0.1, 0.15) is 0 Å². The Morgan fingerprint density at radius 2 is 1.57 bits per heavy atom. The Morgan fingerprint density at radius 3 is 2.08 bits per heavy atom. The third-order valence-corrected chi connectivity index (χ3v) is 6.17. The van der Waals surface area contributed by atoms with E-state index in [-0.39, 0.29) is 5.56 Å². The van der Waals surface area contributed by atoms with Crippen LogP contribution >= 0.6 is 0 Å². The summed E-state index contributed by atoms with van der Waals surface area (Å²) in [6.07, 6.45) is 6.82. The highest BCUT2D eigenvalue weighted by Crippen LogP contribution is 2.29. The summed E-state index contributed by atoms with van der Waals surface area (Å²) in [7, 11) is 0. The van der Waals surface area contributed by atoms with Gasteiger partial charge in [0.2, 0.25) is 0 Å². The molecule has 0 saturated carbocycles. The zero-order chi connectivity index (χ0) is 27.7. The average molecular weight is 502 g/mol. The van der Waals surface area contributed by atoms with E-state index in [1.54, 1.807) is 4.57 Å². The van der Waals surface area contributed by atoms with Crippen LogP contribution in [0.4, 0.5) is 5.69 Å². The Balaban J connectivity index is 0.00000235. The number of nitrogens with zero attached hydrogens (tertiary/aromatic N) is 2. The quantitative estimate of drug-likeness (QED) is 0.301. The van der Waals surface area contributed by atoms with Crippen molar-refractivity contribution >= 4 is 22.0 Å². The molecule has 2 aromatic carbocycles. The van der Waals surface area contributed by atoms with E-state index in [4.69, 9.17) is 5.73 Å². The van der Waals surface area contributed by atoms with Gasteiger partial charge in [-0.2, -0.15) is 0 Å². The first kappa shape index (κ1) is 30.0. The average Bonchev–Trinajstić information content (AvgIpc) is 2.86. The molecular formula is C33H47N3O. The van der Waals surface area contributed by atoms with Gasteiger partial charge >= 0.3 is 0 Å². The standard InChI is InChI=1S/C31H41N3O.C2H6/c1-8-25(13-12-24(7)32)28-10-9-11-29-30(28)23(6)20-34(31(29)35)27-16-14-26(15-17-27)33(18-21(2)3)19-22(4)5;1-2/h9-17,20-22H,8,18-19,32H2,1-7H3;1-2H3/b24-12+,25-13+;. The van der Waals surface area contributed by atoms with E-state index in [2.05, 4.69) is 82.9 Å². The number of hydrogen-bond acceptors (Lipinski definition) is 3. The summed E-state index contributed by atoms with van der Waals surface area (Å²) < 4.78 is 1.78. The Kier molecular flexibility index (Phi) is 11.2. The predicted octanol–water partition coefficient (Wildman–Crippen LogP) is 8.10. The third kappa shape index (κ3) is 7.61. The summed E-state index contributed by atoms with van der Waals surface area (Å²) in [6.45, 7) is 21.1. The van der Waals surface area contributed by atoms with Crippen LogP contribution < -0.4 is 16.2 Å². The van der Waals surface area contributed by atoms with Crippen LogP contribution in [0.25, 0.3) is 22.0 Å². The predicted molar refractivity (Wildman–Crippen MR) is 164 cm³/mol. The molecule has 1 aromatic heterocycles. The molecule has 0 saturated heterocycles. The molecule has 3 rings (SSSR count). The zero-order valence-corrected chi connectivity index (χ0v) is 24.4. The minimum absolute atomic E-state index is 0.00224. The molecule has 0 aliphatic heterocycles. The summed E-state index contributed by atoms with van der Waals surface area (Å²) >= 11 is 0. The first-order valence-electron chi connectivity index (χ1n) is 13.8. The van der Waals surface area contributed by atoms with Crippen LogP contribution in [0.1, 0.15) is 72.9 Å². The van der Waals surface area contributed by atoms with Gasteiger partial charge in [0.15, 0.2) is 0 Å². The first-order chi connectivity index (χ1) is 17.6. The van der Waals surface area contributed by atoms with Gasteiger partial charge in [-0.1, -0.05) is 66.7 Å². The van der Waals surface area contributed by atoms with Crippen molar-refractivity contribution < 1.29 is 0 Å². The van der Waals surface area contributed by atoms with Crippen molar-refractivity contribution in [1.82, 2.24) is 4.57 Å². The van der Waals surface area contributed by atoms with Gasteiger partial charge in [0.05, 0.1) is 0 Å². The van der Waals surface area contributed by atoms with Crippen LogP contribution in [0.2, 0.25) is 0 Å². The van der Waals surface area contributed by atoms with E-state index in [9.17, 15) is 4.79 Å². The Bertz CT molecular complexity index is 1260. The molecule has 3 aromatic rings. The molecule has 0 atom stereocenters. The largest absolute Gasteiger partial charge is 0.402 e. The Hall–Kier alpha value is -3.27. The monoisotopic (exact) mass is 501 g/mol. The maximum absolute atomic E-state index is 13.6. The minimum Gasteiger partial charge on any atom is -0.402 e. The van der Waals surface area contributed by atoms with Gasteiger partial charge in [0.25, 0.3) is 5.56 Å². The second kappa shape index (κ2) is 13.9. The van der Waals surface area contributed by atoms with Crippen molar-refractivity contribution in [2.75, 3.05) is 18.0 Å². The van der Waals surface area contributed by atoms with Crippen molar-refractivity contribution in [2.24, 2.45) is 17.6 Å². The number of fused-ring (bicyclic) bond motifs is 1. The summed E-state index contributed by atoms with van der Waals surface area (Å²) in [5.74, 6) is 1.17. The van der Waals surface area contributed by atoms with E-state index in [1.807, 2.05) is 45.2 Å². The van der Waals surface area contributed by atoms with Gasteiger partial charge in [-0.3, -0.25) is 9.36 Å². The number of hydrogen-bond donors (Lipinski definition) is 1. The SMILES string of the molecule is CC.CC/C(=C\C=C(/C)N)c1cccc2c(=O)n(-c3ccc(N(CC(C)C)CC(C)C)cc3)cc(C)c12. The normalized spacial score (nSPS) is 12.2. The zero-order valence-electron chi connectivity index (χ0n) is 24.4. The van der Waals surface area contributed by atoms with Crippen LogP contribution in [-0.2, 0) is 0 Å². The lowest BCUT2D eigenvalue weighted by molar-refractivity contribution is 0.553. The number of allylic oxidation sites excluding steroid dienone is 4. The smallest absolute Gasteiger partial charge is 0.262 e. The third-order valence-electron chi connectivity index (χ3n) is 6.17. The minimum atomic E-state index is 0.00224. The molecule has 0 amide bonds. The first-order valence-corrected chi connectivity index (χ1v) is 13.8. The lowest BCUT2D eigenvalue weighted by atomic mass is 9.94. The van der Waals surface area contributed by atoms with Gasteiger partial charge in [-0.05, 0) is 90.6 Å². The maximum atomic E-state index is 13.6. The van der Waals surface area contributed by atoms with Gasteiger partial charge < -0.3 is 10.6 Å². The fraction of sp³-hybridized carbons (Fsp3) is 0.424. The fourth-order valence-electron chi connectivity index (χ4n) is 4.68. The molecule has 0 spiro atoms. The van der Waals surface area contributed by atoms with Gasteiger partial charge in [-0.15, -0.1) is 0 Å². The van der Waals surface area contributed by atoms with Crippen molar-refractivity contribution in [3.8, 4) is 5.69 Å². The summed E-state index contributed by atoms with van der Waals surface area (Å²) in [5, 5.41) is 1.75. The Labute approximate surface area is 224 Å². The highest BCUT2D eigenvalue weighted by Gasteiger charge is 2.14. The molecule has 0 radical (unpaired) electrons. The van der Waals surface area contributed by atoms with Crippen molar-refractivity contribution in [3.63, 3.8) is 0 Å². The number of rotatable bonds is 9. The van der Waals surface area contributed by atoms with Gasteiger partial charge in [-0.25, -0.2) is 0 Å². The summed E-state index contributed by atoms with van der Waals surface area (Å²) in [6, 6.07) is 14.4. The van der Waals surface area contributed by atoms with Crippen molar-refractivity contribution in [1.29, 1.82) is 0 Å². The number of aryl methyl sites for hydroxylation is 1. The number of anilines is 1. The maximum Gasteiger partial charge on any atom is 0.262 e. The molecule has 0 bridgehead atoms. The molecule has 2 N–H and O–H groups in total. The topological polar surface area (TPSA) is 51.3 Å². The number of benzene rings is 2. The molecule has 0 unspecified atom stereocenters. The second-order valence-corrected chi connectivity index (χ2v) is 10.4. The fourth-order valence-corrected chi connectivity index (χ4v) is 4.68. The van der Waals surface area contributed by atoms with Crippen molar-refractivity contribution in [3.05, 3.63) is 88.0 Å². The molecule has 4 heteroatoms. The molecule has 1 heterocycles. The van der Waals surface area contributed by atoms with Crippen LogP contribution in [0, 0.1) is 18.8 Å². The Morgan fingerprint density at radius 1 is 0.973 bits per heavy atom. The van der Waals surface area contributed by atoms with Gasteiger partial charge in [0, 0.05) is 41.7 Å². The van der Waals surface area contributed by atoms with Crippen LogP contribution in [0.15, 0.2) is 71.3 Å². The van der Waals surface area contributed by atoms with E-state index >= 15 is 0 Å². The van der Waals surface area contributed by atoms with Crippen molar-refractivity contribution in [2.45, 2.75) is 68.7 Å². The van der Waals surface area contributed by atoms with E-state index in [0.717, 1.165) is 52.8 Å². The molecule has 37 heavy (non-hydrogen) atoms. The summed E-state index contributed by atoms with van der Waals surface area (Å²) in [4.78, 5) is 16.1. The molecule has 0 fully saturated rings. The second-order valence-electron chi connectivity index (χ2n) is 10.4. The van der Waals surface area contributed by atoms with Crippen LogP contribution in [-0.4, -0.2) is 17.7 Å². The lowest BCUT2D eigenvalue weighted by Gasteiger charge is -2.28. The lowest BCUT2D eigenvalue weighted by Crippen LogP contribution is -2.31. The molecule has 0 aliphatic rings. The molecular weight excluding hydrogens is 454 g/mol. The summed E-state index contributed by atoms with van der Waals surface area (Å²) in [5.41, 5.74) is 12.0. The van der Waals surface area contributed by atoms with Crippen LogP contribution in [0.5, 0.6) is 0 Å². The molecule has 200 valence electrons. The van der Waals surface area contributed by atoms with E-state index < -0.39 is 0 Å².